The van der Waals surface area contributed by atoms with Crippen molar-refractivity contribution in [3.8, 4) is 17.2 Å². The molecule has 1 fully saturated rings. The summed E-state index contributed by atoms with van der Waals surface area (Å²) in [5.74, 6) is -1.22. The van der Waals surface area contributed by atoms with Crippen molar-refractivity contribution in [2.24, 2.45) is 0 Å². The van der Waals surface area contributed by atoms with Crippen molar-refractivity contribution in [2.75, 3.05) is 13.2 Å². The predicted octanol–water partition coefficient (Wildman–Crippen LogP) is 6.82. The van der Waals surface area contributed by atoms with E-state index in [-0.39, 0.29) is 66.8 Å². The van der Waals surface area contributed by atoms with Crippen LogP contribution in [0.5, 0.6) is 17.2 Å². The van der Waals surface area contributed by atoms with Crippen molar-refractivity contribution < 1.29 is 37.1 Å². The molecule has 3 aromatic carbocycles. The first-order chi connectivity index (χ1) is 17.0. The van der Waals surface area contributed by atoms with Crippen LogP contribution in [0.25, 0.3) is 0 Å². The number of halogens is 6. The van der Waals surface area contributed by atoms with Gasteiger partial charge in [-0.05, 0) is 65.9 Å². The van der Waals surface area contributed by atoms with Crippen LogP contribution in [0.15, 0.2) is 36.4 Å². The van der Waals surface area contributed by atoms with Gasteiger partial charge in [-0.1, -0.05) is 86.9 Å². The summed E-state index contributed by atoms with van der Waals surface area (Å²) in [7, 11) is 0. The first-order valence-corrected chi connectivity index (χ1v) is 13.1. The number of nitrogens with zero attached hydrogens (tertiary/aromatic N) is 1. The summed E-state index contributed by atoms with van der Waals surface area (Å²) in [4.78, 5) is 1.68. The molecule has 3 aromatic rings. The molecule has 0 aliphatic carbocycles. The number of benzene rings is 3. The molecule has 1 heterocycles. The maximum atomic E-state index is 12.5. The third kappa shape index (κ3) is 9.43. The quantitative estimate of drug-likeness (QED) is 0.270. The van der Waals surface area contributed by atoms with Crippen molar-refractivity contribution in [2.45, 2.75) is 32.5 Å². The maximum absolute atomic E-state index is 12.5. The monoisotopic (exact) mass is 664 g/mol. The number of hydrogen-bond donors (Lipinski definition) is 0. The van der Waals surface area contributed by atoms with Gasteiger partial charge in [0.1, 0.15) is 0 Å². The summed E-state index contributed by atoms with van der Waals surface area (Å²) in [6, 6.07) is 8.48. The summed E-state index contributed by atoms with van der Waals surface area (Å²) in [5, 5.41) is 38.2. The summed E-state index contributed by atoms with van der Waals surface area (Å²) < 4.78 is 4.94. The molecule has 1 saturated heterocycles. The second-order valence-electron chi connectivity index (χ2n) is 8.09. The van der Waals surface area contributed by atoms with Gasteiger partial charge >= 0.3 is 17.1 Å². The minimum absolute atomic E-state index is 0. The molecular formula is C25H20Cl6FeNO4+. The van der Waals surface area contributed by atoms with Crippen LogP contribution in [0.2, 0.25) is 30.1 Å². The fourth-order valence-electron chi connectivity index (χ4n) is 3.59. The average molecular weight is 667 g/mol. The van der Waals surface area contributed by atoms with E-state index in [1.54, 1.807) is 4.90 Å². The summed E-state index contributed by atoms with van der Waals surface area (Å²) in [6.45, 7) is 2.10. The van der Waals surface area contributed by atoms with E-state index in [0.29, 0.717) is 16.7 Å². The minimum atomic E-state index is -0.408. The molecule has 0 bridgehead atoms. The number of rotatable bonds is 6. The van der Waals surface area contributed by atoms with E-state index >= 15 is 0 Å². The van der Waals surface area contributed by atoms with Crippen molar-refractivity contribution >= 4 is 69.6 Å². The Kier molecular flexibility index (Phi) is 13.3. The molecule has 37 heavy (non-hydrogen) atoms. The second kappa shape index (κ2) is 15.1. The number of hydrogen-bond acceptors (Lipinski definition) is 5. The van der Waals surface area contributed by atoms with Gasteiger partial charge in [-0.3, -0.25) is 4.90 Å². The minimum Gasteiger partial charge on any atom is -0.871 e. The summed E-state index contributed by atoms with van der Waals surface area (Å²) in [5.41, 5.74) is 0.871. The van der Waals surface area contributed by atoms with Gasteiger partial charge in [0, 0.05) is 63.0 Å². The molecule has 0 amide bonds. The van der Waals surface area contributed by atoms with Gasteiger partial charge < -0.3 is 20.1 Å². The van der Waals surface area contributed by atoms with Crippen molar-refractivity contribution in [3.05, 3.63) is 83.2 Å². The third-order valence-electron chi connectivity index (χ3n) is 5.27. The molecule has 0 spiro atoms. The molecule has 0 aromatic heterocycles. The van der Waals surface area contributed by atoms with Crippen LogP contribution in [-0.4, -0.2) is 18.1 Å². The van der Waals surface area contributed by atoms with Gasteiger partial charge in [-0.2, -0.15) is 0 Å². The molecule has 0 N–H and O–H groups in total. The van der Waals surface area contributed by atoms with E-state index in [2.05, 4.69) is 0 Å². The van der Waals surface area contributed by atoms with Gasteiger partial charge in [0.2, 0.25) is 0 Å². The van der Waals surface area contributed by atoms with E-state index in [1.165, 1.54) is 49.2 Å². The molecule has 4 rings (SSSR count). The fraction of sp³-hybridized carbons (Fsp3) is 0.280. The molecule has 12 heteroatoms. The first kappa shape index (κ1) is 32.5. The van der Waals surface area contributed by atoms with Gasteiger partial charge in [0.15, 0.2) is 0 Å². The third-order valence-corrected chi connectivity index (χ3v) is 6.76. The largest absolute Gasteiger partial charge is 4.00 e. The van der Waals surface area contributed by atoms with Crippen LogP contribution in [0.1, 0.15) is 29.5 Å². The molecule has 1 aliphatic heterocycles. The zero-order chi connectivity index (χ0) is 26.4. The SMILES string of the molecule is C1CCOC1.[Fe+4].[O-]c1c(Cl)cc(Cl)cc1CN(Cc1cc(Cl)cc(Cl)c1[O-])Cc1cc(Cl)cc(Cl)c1[O-]. The van der Waals surface area contributed by atoms with Crippen molar-refractivity contribution in [3.63, 3.8) is 0 Å². The van der Waals surface area contributed by atoms with Gasteiger partial charge in [0.25, 0.3) is 0 Å². The average Bonchev–Trinajstić information content (AvgIpc) is 3.38. The zero-order valence-corrected chi connectivity index (χ0v) is 24.8. The van der Waals surface area contributed by atoms with E-state index in [1.807, 2.05) is 0 Å². The topological polar surface area (TPSA) is 81.7 Å². The zero-order valence-electron chi connectivity index (χ0n) is 19.1. The predicted molar refractivity (Wildman–Crippen MR) is 141 cm³/mol. The molecule has 0 atom stereocenters. The summed E-state index contributed by atoms with van der Waals surface area (Å²) >= 11 is 36.1. The standard InChI is InChI=1S/C21H15Cl6NO3.C4H8O.Fe/c22-13-1-10(19(29)16(25)4-13)7-28(8-11-2-14(23)5-17(26)20(11)30)9-12-3-15(24)6-18(27)21(12)31;1-2-4-5-3-1;/h1-6,29-31H,7-9H2;1-4H2;/q;;+4/p-3. The molecule has 0 saturated carbocycles. The molecule has 0 radical (unpaired) electrons. The van der Waals surface area contributed by atoms with E-state index in [9.17, 15) is 15.3 Å². The van der Waals surface area contributed by atoms with Crippen LogP contribution in [0, 0.1) is 0 Å². The maximum Gasteiger partial charge on any atom is 4.00 e. The molecule has 198 valence electrons. The van der Waals surface area contributed by atoms with Gasteiger partial charge in [-0.25, -0.2) is 0 Å². The van der Waals surface area contributed by atoms with Gasteiger partial charge in [0.05, 0.1) is 0 Å². The van der Waals surface area contributed by atoms with E-state index in [4.69, 9.17) is 74.3 Å². The van der Waals surface area contributed by atoms with Crippen molar-refractivity contribution in [1.29, 1.82) is 0 Å². The van der Waals surface area contributed by atoms with Crippen LogP contribution in [-0.2, 0) is 41.4 Å². The van der Waals surface area contributed by atoms with Crippen LogP contribution in [0.4, 0.5) is 0 Å². The molecule has 5 nitrogen and oxygen atoms in total. The fourth-order valence-corrected chi connectivity index (χ4v) is 5.20. The van der Waals surface area contributed by atoms with Crippen LogP contribution >= 0.6 is 69.6 Å². The smallest absolute Gasteiger partial charge is 0.871 e. The first-order valence-electron chi connectivity index (χ1n) is 10.8. The molecule has 0 unspecified atom stereocenters. The van der Waals surface area contributed by atoms with E-state index < -0.39 is 17.2 Å². The molecule has 1 aliphatic rings. The Labute approximate surface area is 256 Å². The number of ether oxygens (including phenoxy) is 1. The Balaban J connectivity index is 0.000000716. The second-order valence-corrected chi connectivity index (χ2v) is 10.6. The Bertz CT molecular complexity index is 1080. The molecular weight excluding hydrogens is 647 g/mol. The summed E-state index contributed by atoms with van der Waals surface area (Å²) in [6.07, 6.45) is 2.56. The van der Waals surface area contributed by atoms with Gasteiger partial charge in [-0.15, -0.1) is 0 Å². The van der Waals surface area contributed by atoms with Crippen LogP contribution < -0.4 is 15.3 Å². The Morgan fingerprint density at radius 1 is 0.568 bits per heavy atom. The van der Waals surface area contributed by atoms with Crippen molar-refractivity contribution in [1.82, 2.24) is 4.90 Å². The normalized spacial score (nSPS) is 12.7. The van der Waals surface area contributed by atoms with Crippen LogP contribution in [0.3, 0.4) is 0 Å². The Morgan fingerprint density at radius 2 is 0.865 bits per heavy atom. The van der Waals surface area contributed by atoms with E-state index in [0.717, 1.165) is 13.2 Å². The Hall–Kier alpha value is -0.761. The Morgan fingerprint density at radius 3 is 1.11 bits per heavy atom.